The van der Waals surface area contributed by atoms with Crippen molar-refractivity contribution in [1.82, 2.24) is 5.32 Å². The van der Waals surface area contributed by atoms with Gasteiger partial charge in [0.2, 0.25) is 0 Å². The van der Waals surface area contributed by atoms with Crippen LogP contribution >= 0.6 is 11.3 Å². The Balaban J connectivity index is 2.68. The molecule has 0 atom stereocenters. The fourth-order valence-electron chi connectivity index (χ4n) is 0.778. The average molecular weight is 194 g/mol. The molecule has 1 heterocycles. The van der Waals surface area contributed by atoms with E-state index in [9.17, 15) is 4.79 Å². The summed E-state index contributed by atoms with van der Waals surface area (Å²) in [6, 6.07) is 3.74. The number of amides is 1. The minimum Gasteiger partial charge on any atom is -0.334 e. The van der Waals surface area contributed by atoms with Gasteiger partial charge in [0.1, 0.15) is 5.54 Å². The standard InChI is InChI=1S/C9H10N2OS/c1-9(2,6-10)11-8(12)7-3-4-13-5-7/h3-5H,1-2H3,(H,11,12). The van der Waals surface area contributed by atoms with Crippen molar-refractivity contribution in [3.05, 3.63) is 22.4 Å². The summed E-state index contributed by atoms with van der Waals surface area (Å²) in [7, 11) is 0. The first kappa shape index (κ1) is 9.75. The minimum atomic E-state index is -0.807. The highest BCUT2D eigenvalue weighted by Crippen LogP contribution is 2.08. The second-order valence-electron chi connectivity index (χ2n) is 3.20. The fraction of sp³-hybridized carbons (Fsp3) is 0.333. The van der Waals surface area contributed by atoms with E-state index in [1.807, 2.05) is 11.4 Å². The van der Waals surface area contributed by atoms with Crippen LogP contribution in [0.2, 0.25) is 0 Å². The lowest BCUT2D eigenvalue weighted by molar-refractivity contribution is 0.0930. The summed E-state index contributed by atoms with van der Waals surface area (Å²) in [6.45, 7) is 3.33. The van der Waals surface area contributed by atoms with Gasteiger partial charge in [0.05, 0.1) is 11.6 Å². The summed E-state index contributed by atoms with van der Waals surface area (Å²) < 4.78 is 0. The van der Waals surface area contributed by atoms with E-state index in [1.54, 1.807) is 25.3 Å². The van der Waals surface area contributed by atoms with E-state index in [-0.39, 0.29) is 5.91 Å². The van der Waals surface area contributed by atoms with Gasteiger partial charge in [0, 0.05) is 5.38 Å². The predicted molar refractivity (Wildman–Crippen MR) is 51.5 cm³/mol. The Morgan fingerprint density at radius 3 is 2.85 bits per heavy atom. The molecule has 3 nitrogen and oxygen atoms in total. The molecule has 0 radical (unpaired) electrons. The molecule has 13 heavy (non-hydrogen) atoms. The van der Waals surface area contributed by atoms with Gasteiger partial charge in [0.25, 0.3) is 5.91 Å². The van der Waals surface area contributed by atoms with Gasteiger partial charge in [-0.3, -0.25) is 4.79 Å². The molecule has 0 aliphatic carbocycles. The summed E-state index contributed by atoms with van der Waals surface area (Å²) in [6.07, 6.45) is 0. The summed E-state index contributed by atoms with van der Waals surface area (Å²) >= 11 is 1.46. The van der Waals surface area contributed by atoms with E-state index in [0.717, 1.165) is 0 Å². The lowest BCUT2D eigenvalue weighted by atomic mass is 10.1. The topological polar surface area (TPSA) is 52.9 Å². The number of carbonyl (C=O) groups excluding carboxylic acids is 1. The maximum Gasteiger partial charge on any atom is 0.253 e. The molecule has 0 aliphatic rings. The van der Waals surface area contributed by atoms with Crippen LogP contribution in [0, 0.1) is 11.3 Å². The van der Waals surface area contributed by atoms with Gasteiger partial charge < -0.3 is 5.32 Å². The van der Waals surface area contributed by atoms with Crippen molar-refractivity contribution in [3.8, 4) is 6.07 Å². The van der Waals surface area contributed by atoms with Crippen molar-refractivity contribution >= 4 is 17.2 Å². The monoisotopic (exact) mass is 194 g/mol. The third-order valence-corrected chi connectivity index (χ3v) is 2.17. The van der Waals surface area contributed by atoms with Crippen molar-refractivity contribution < 1.29 is 4.79 Å². The Morgan fingerprint density at radius 1 is 1.69 bits per heavy atom. The van der Waals surface area contributed by atoms with Crippen LogP contribution in [0.4, 0.5) is 0 Å². The van der Waals surface area contributed by atoms with E-state index in [2.05, 4.69) is 5.32 Å². The zero-order chi connectivity index (χ0) is 9.90. The van der Waals surface area contributed by atoms with Crippen LogP contribution in [0.25, 0.3) is 0 Å². The van der Waals surface area contributed by atoms with Crippen molar-refractivity contribution in [2.24, 2.45) is 0 Å². The highest BCUT2D eigenvalue weighted by atomic mass is 32.1. The molecule has 0 aliphatic heterocycles. The minimum absolute atomic E-state index is 0.201. The van der Waals surface area contributed by atoms with Gasteiger partial charge in [-0.25, -0.2) is 0 Å². The molecule has 0 unspecified atom stereocenters. The molecule has 1 amide bonds. The van der Waals surface area contributed by atoms with Gasteiger partial charge in [-0.2, -0.15) is 16.6 Å². The average Bonchev–Trinajstić information content (AvgIpc) is 2.55. The van der Waals surface area contributed by atoms with E-state index in [1.165, 1.54) is 11.3 Å². The number of nitrogens with zero attached hydrogens (tertiary/aromatic N) is 1. The molecule has 68 valence electrons. The molecule has 0 spiro atoms. The number of nitriles is 1. The largest absolute Gasteiger partial charge is 0.334 e. The fourth-order valence-corrected chi connectivity index (χ4v) is 1.41. The molecule has 0 bridgehead atoms. The number of rotatable bonds is 2. The lowest BCUT2D eigenvalue weighted by Crippen LogP contribution is -2.41. The highest BCUT2D eigenvalue weighted by molar-refractivity contribution is 7.08. The highest BCUT2D eigenvalue weighted by Gasteiger charge is 2.19. The summed E-state index contributed by atoms with van der Waals surface area (Å²) in [4.78, 5) is 11.4. The van der Waals surface area contributed by atoms with Gasteiger partial charge in [-0.1, -0.05) is 0 Å². The van der Waals surface area contributed by atoms with Crippen LogP contribution in [-0.4, -0.2) is 11.4 Å². The van der Waals surface area contributed by atoms with Crippen molar-refractivity contribution in [2.45, 2.75) is 19.4 Å². The number of thiophene rings is 1. The van der Waals surface area contributed by atoms with Crippen LogP contribution in [0.15, 0.2) is 16.8 Å². The van der Waals surface area contributed by atoms with E-state index < -0.39 is 5.54 Å². The third kappa shape index (κ3) is 2.56. The summed E-state index contributed by atoms with van der Waals surface area (Å²) in [5, 5.41) is 14.9. The Hall–Kier alpha value is -1.34. The second-order valence-corrected chi connectivity index (χ2v) is 3.98. The molecular weight excluding hydrogens is 184 g/mol. The number of hydrogen-bond donors (Lipinski definition) is 1. The normalized spacial score (nSPS) is 10.5. The Kier molecular flexibility index (Phi) is 2.69. The molecule has 1 N–H and O–H groups in total. The maximum absolute atomic E-state index is 11.4. The number of carbonyl (C=O) groups is 1. The third-order valence-electron chi connectivity index (χ3n) is 1.49. The zero-order valence-corrected chi connectivity index (χ0v) is 8.31. The quantitative estimate of drug-likeness (QED) is 0.780. The maximum atomic E-state index is 11.4. The summed E-state index contributed by atoms with van der Waals surface area (Å²) in [5.41, 5.74) is -0.202. The SMILES string of the molecule is CC(C)(C#N)NC(=O)c1ccsc1. The Bertz CT molecular complexity index is 335. The Labute approximate surface area is 81.0 Å². The Morgan fingerprint density at radius 2 is 2.38 bits per heavy atom. The van der Waals surface area contributed by atoms with Crippen LogP contribution in [0.5, 0.6) is 0 Å². The molecule has 1 rings (SSSR count). The van der Waals surface area contributed by atoms with Gasteiger partial charge >= 0.3 is 0 Å². The number of nitrogens with one attached hydrogen (secondary N) is 1. The van der Waals surface area contributed by atoms with Gasteiger partial charge in [-0.05, 0) is 25.3 Å². The first-order chi connectivity index (χ1) is 6.05. The molecular formula is C9H10N2OS. The molecule has 0 saturated carbocycles. The summed E-state index contributed by atoms with van der Waals surface area (Å²) in [5.74, 6) is -0.201. The van der Waals surface area contributed by atoms with E-state index >= 15 is 0 Å². The first-order valence-corrected chi connectivity index (χ1v) is 4.75. The second kappa shape index (κ2) is 3.58. The zero-order valence-electron chi connectivity index (χ0n) is 7.50. The molecule has 0 saturated heterocycles. The van der Waals surface area contributed by atoms with Crippen LogP contribution in [-0.2, 0) is 0 Å². The van der Waals surface area contributed by atoms with Crippen molar-refractivity contribution in [3.63, 3.8) is 0 Å². The van der Waals surface area contributed by atoms with Gasteiger partial charge in [0.15, 0.2) is 0 Å². The molecule has 0 aromatic carbocycles. The van der Waals surface area contributed by atoms with E-state index in [0.29, 0.717) is 5.56 Å². The van der Waals surface area contributed by atoms with E-state index in [4.69, 9.17) is 5.26 Å². The van der Waals surface area contributed by atoms with Gasteiger partial charge in [-0.15, -0.1) is 0 Å². The van der Waals surface area contributed by atoms with Crippen LogP contribution < -0.4 is 5.32 Å². The molecule has 4 heteroatoms. The van der Waals surface area contributed by atoms with Crippen molar-refractivity contribution in [1.29, 1.82) is 5.26 Å². The lowest BCUT2D eigenvalue weighted by Gasteiger charge is -2.16. The smallest absolute Gasteiger partial charge is 0.253 e. The first-order valence-electron chi connectivity index (χ1n) is 3.81. The number of hydrogen-bond acceptors (Lipinski definition) is 3. The van der Waals surface area contributed by atoms with Crippen LogP contribution in [0.1, 0.15) is 24.2 Å². The van der Waals surface area contributed by atoms with Crippen molar-refractivity contribution in [2.75, 3.05) is 0 Å². The predicted octanol–water partition coefficient (Wildman–Crippen LogP) is 1.78. The molecule has 1 aromatic heterocycles. The van der Waals surface area contributed by atoms with Crippen LogP contribution in [0.3, 0.4) is 0 Å². The molecule has 0 fully saturated rings. The molecule has 1 aromatic rings.